The molecule has 1 N–H and O–H groups in total. The molecular weight excluding hydrogens is 236 g/mol. The normalized spacial score (nSPS) is 24.0. The van der Waals surface area contributed by atoms with Gasteiger partial charge in [-0.1, -0.05) is 13.3 Å². The third kappa shape index (κ3) is 3.83. The molecule has 3 nitrogen and oxygen atoms in total. The van der Waals surface area contributed by atoms with Gasteiger partial charge in [0, 0.05) is 18.2 Å². The van der Waals surface area contributed by atoms with Crippen LogP contribution in [0, 0.1) is 5.92 Å². The monoisotopic (exact) mass is 264 g/mol. The molecule has 0 amide bonds. The molecule has 1 aromatic rings. The Hall–Kier alpha value is -0.800. The van der Waals surface area contributed by atoms with Crippen LogP contribution in [0.4, 0.5) is 0 Å². The second-order valence-electron chi connectivity index (χ2n) is 5.90. The quantitative estimate of drug-likeness (QED) is 0.853. The molecule has 1 aliphatic carbocycles. The van der Waals surface area contributed by atoms with Gasteiger partial charge in [0.25, 0.3) is 0 Å². The van der Waals surface area contributed by atoms with Crippen molar-refractivity contribution >= 4 is 0 Å². The summed E-state index contributed by atoms with van der Waals surface area (Å²) >= 11 is 0. The lowest BCUT2D eigenvalue weighted by atomic mass is 9.84. The summed E-state index contributed by atoms with van der Waals surface area (Å²) in [5.41, 5.74) is 1.33. The van der Waals surface area contributed by atoms with Crippen molar-refractivity contribution in [3.05, 3.63) is 23.7 Å². The molecule has 0 unspecified atom stereocenters. The first-order chi connectivity index (χ1) is 9.24. The van der Waals surface area contributed by atoms with Gasteiger partial charge in [-0.3, -0.25) is 4.90 Å². The molecule has 0 atom stereocenters. The predicted molar refractivity (Wildman–Crippen MR) is 79.0 cm³/mol. The number of nitrogens with zero attached hydrogens (tertiary/aromatic N) is 1. The van der Waals surface area contributed by atoms with Gasteiger partial charge in [0.05, 0.1) is 12.8 Å². The number of hydrogen-bond donors (Lipinski definition) is 1. The maximum absolute atomic E-state index is 5.54. The Bertz CT molecular complexity index is 367. The molecule has 3 heteroatoms. The first kappa shape index (κ1) is 14.6. The first-order valence-electron chi connectivity index (χ1n) is 7.64. The lowest BCUT2D eigenvalue weighted by Gasteiger charge is -2.34. The highest BCUT2D eigenvalue weighted by molar-refractivity contribution is 5.16. The van der Waals surface area contributed by atoms with E-state index in [1.807, 2.05) is 13.3 Å². The zero-order valence-electron chi connectivity index (χ0n) is 12.6. The molecule has 0 aliphatic heterocycles. The van der Waals surface area contributed by atoms with E-state index in [1.165, 1.54) is 37.7 Å². The molecule has 1 aromatic heterocycles. The van der Waals surface area contributed by atoms with Gasteiger partial charge in [0.1, 0.15) is 5.76 Å². The fourth-order valence-corrected chi connectivity index (χ4v) is 3.22. The lowest BCUT2D eigenvalue weighted by Crippen LogP contribution is -2.34. The van der Waals surface area contributed by atoms with Gasteiger partial charge in [-0.25, -0.2) is 0 Å². The molecule has 1 fully saturated rings. The topological polar surface area (TPSA) is 28.4 Å². The van der Waals surface area contributed by atoms with Crippen LogP contribution in [0.3, 0.4) is 0 Å². The smallest absolute Gasteiger partial charge is 0.122 e. The number of rotatable bonds is 6. The van der Waals surface area contributed by atoms with E-state index in [0.29, 0.717) is 0 Å². The summed E-state index contributed by atoms with van der Waals surface area (Å²) in [6.07, 6.45) is 8.68. The number of hydrogen-bond acceptors (Lipinski definition) is 3. The van der Waals surface area contributed by atoms with Crippen LogP contribution in [0.2, 0.25) is 0 Å². The number of nitrogens with one attached hydrogen (secondary N) is 1. The Morgan fingerprint density at radius 3 is 2.68 bits per heavy atom. The van der Waals surface area contributed by atoms with E-state index in [4.69, 9.17) is 4.42 Å². The largest absolute Gasteiger partial charge is 0.468 e. The van der Waals surface area contributed by atoms with Crippen molar-refractivity contribution in [1.82, 2.24) is 10.2 Å². The van der Waals surface area contributed by atoms with Gasteiger partial charge in [-0.05, 0) is 51.8 Å². The van der Waals surface area contributed by atoms with Gasteiger partial charge < -0.3 is 9.73 Å². The highest BCUT2D eigenvalue weighted by Crippen LogP contribution is 2.29. The zero-order chi connectivity index (χ0) is 13.7. The lowest BCUT2D eigenvalue weighted by molar-refractivity contribution is 0.156. The van der Waals surface area contributed by atoms with Crippen molar-refractivity contribution in [3.8, 4) is 0 Å². The fourth-order valence-electron chi connectivity index (χ4n) is 3.22. The van der Waals surface area contributed by atoms with E-state index >= 15 is 0 Å². The minimum absolute atomic E-state index is 0.750. The van der Waals surface area contributed by atoms with Crippen LogP contribution in [-0.2, 0) is 13.1 Å². The van der Waals surface area contributed by atoms with Gasteiger partial charge in [0.2, 0.25) is 0 Å². The van der Waals surface area contributed by atoms with E-state index < -0.39 is 0 Å². The summed E-state index contributed by atoms with van der Waals surface area (Å²) in [6, 6.07) is 2.86. The van der Waals surface area contributed by atoms with Crippen molar-refractivity contribution in [2.75, 3.05) is 14.1 Å². The van der Waals surface area contributed by atoms with Crippen LogP contribution >= 0.6 is 0 Å². The summed E-state index contributed by atoms with van der Waals surface area (Å²) < 4.78 is 5.54. The maximum Gasteiger partial charge on any atom is 0.122 e. The van der Waals surface area contributed by atoms with Crippen molar-refractivity contribution in [2.45, 2.75) is 58.2 Å². The van der Waals surface area contributed by atoms with Crippen molar-refractivity contribution in [2.24, 2.45) is 5.92 Å². The first-order valence-corrected chi connectivity index (χ1v) is 7.64. The summed E-state index contributed by atoms with van der Waals surface area (Å²) in [4.78, 5) is 2.51. The molecule has 0 spiro atoms. The second-order valence-corrected chi connectivity index (χ2v) is 5.90. The summed E-state index contributed by atoms with van der Waals surface area (Å²) in [5, 5.41) is 3.16. The SMILES string of the molecule is CCC1CCC(N(C)Cc2ccoc2CNC)CC1. The van der Waals surface area contributed by atoms with Gasteiger partial charge in [-0.15, -0.1) is 0 Å². The molecule has 0 radical (unpaired) electrons. The molecule has 108 valence electrons. The fraction of sp³-hybridized carbons (Fsp3) is 0.750. The van der Waals surface area contributed by atoms with E-state index in [0.717, 1.165) is 30.8 Å². The van der Waals surface area contributed by atoms with E-state index in [2.05, 4.69) is 30.3 Å². The molecule has 2 rings (SSSR count). The minimum Gasteiger partial charge on any atom is -0.468 e. The molecule has 0 aromatic carbocycles. The van der Waals surface area contributed by atoms with Crippen molar-refractivity contribution < 1.29 is 4.42 Å². The third-order valence-corrected chi connectivity index (χ3v) is 4.61. The molecule has 1 heterocycles. The van der Waals surface area contributed by atoms with Crippen LogP contribution in [-0.4, -0.2) is 25.0 Å². The van der Waals surface area contributed by atoms with Gasteiger partial charge in [-0.2, -0.15) is 0 Å². The van der Waals surface area contributed by atoms with Crippen molar-refractivity contribution in [1.29, 1.82) is 0 Å². The zero-order valence-corrected chi connectivity index (χ0v) is 12.6. The van der Waals surface area contributed by atoms with Crippen molar-refractivity contribution in [3.63, 3.8) is 0 Å². The Kier molecular flexibility index (Phi) is 5.46. The highest BCUT2D eigenvalue weighted by Gasteiger charge is 2.23. The van der Waals surface area contributed by atoms with E-state index in [1.54, 1.807) is 0 Å². The summed E-state index contributed by atoms with van der Waals surface area (Å²) in [5.74, 6) is 2.05. The predicted octanol–water partition coefficient (Wildman–Crippen LogP) is 3.40. The Morgan fingerprint density at radius 2 is 2.05 bits per heavy atom. The summed E-state index contributed by atoms with van der Waals surface area (Å²) in [6.45, 7) is 4.15. The maximum atomic E-state index is 5.54. The molecule has 1 saturated carbocycles. The van der Waals surface area contributed by atoms with E-state index in [9.17, 15) is 0 Å². The number of furan rings is 1. The molecule has 0 bridgehead atoms. The molecular formula is C16H28N2O. The average molecular weight is 264 g/mol. The Labute approximate surface area is 117 Å². The Balaban J connectivity index is 1.87. The van der Waals surface area contributed by atoms with Gasteiger partial charge >= 0.3 is 0 Å². The second kappa shape index (κ2) is 7.11. The van der Waals surface area contributed by atoms with Crippen LogP contribution in [0.1, 0.15) is 50.4 Å². The molecule has 0 saturated heterocycles. The van der Waals surface area contributed by atoms with E-state index in [-0.39, 0.29) is 0 Å². The van der Waals surface area contributed by atoms with Crippen LogP contribution < -0.4 is 5.32 Å². The minimum atomic E-state index is 0.750. The van der Waals surface area contributed by atoms with Crippen LogP contribution in [0.25, 0.3) is 0 Å². The third-order valence-electron chi connectivity index (χ3n) is 4.61. The van der Waals surface area contributed by atoms with Crippen LogP contribution in [0.5, 0.6) is 0 Å². The van der Waals surface area contributed by atoms with Crippen LogP contribution in [0.15, 0.2) is 16.7 Å². The summed E-state index contributed by atoms with van der Waals surface area (Å²) in [7, 11) is 4.22. The average Bonchev–Trinajstić information content (AvgIpc) is 2.86. The Morgan fingerprint density at radius 1 is 1.32 bits per heavy atom. The standard InChI is InChI=1S/C16H28N2O/c1-4-13-5-7-15(8-6-13)18(3)12-14-9-10-19-16(14)11-17-2/h9-10,13,15,17H,4-8,11-12H2,1-3H3. The highest BCUT2D eigenvalue weighted by atomic mass is 16.3. The molecule has 19 heavy (non-hydrogen) atoms. The van der Waals surface area contributed by atoms with Gasteiger partial charge in [0.15, 0.2) is 0 Å². The molecule has 1 aliphatic rings.